The summed E-state index contributed by atoms with van der Waals surface area (Å²) in [5.74, 6) is 1.52. The van der Waals surface area contributed by atoms with Crippen molar-refractivity contribution < 1.29 is 14.3 Å². The molecule has 3 unspecified atom stereocenters. The number of ether oxygens (including phenoxy) is 2. The Morgan fingerprint density at radius 1 is 1.30 bits per heavy atom. The number of nitrogens with zero attached hydrogens (tertiary/aromatic N) is 3. The van der Waals surface area contributed by atoms with Gasteiger partial charge in [0.1, 0.15) is 10.8 Å². The SMILES string of the molecule is O=C(c1cc2c(s1)CCOC2)N1CC2CCC(Oc3nnc(Cl)c4ccsc34)C2C1. The van der Waals surface area contributed by atoms with Gasteiger partial charge in [0.2, 0.25) is 0 Å². The third kappa shape index (κ3) is 3.12. The molecule has 0 spiro atoms. The number of carbonyl (C=O) groups is 1. The molecule has 3 aromatic heterocycles. The molecule has 3 aromatic rings. The van der Waals surface area contributed by atoms with E-state index in [9.17, 15) is 4.79 Å². The first-order chi connectivity index (χ1) is 14.7. The summed E-state index contributed by atoms with van der Waals surface area (Å²) < 4.78 is 12.8. The summed E-state index contributed by atoms with van der Waals surface area (Å²) in [6.07, 6.45) is 3.02. The fourth-order valence-electron chi connectivity index (χ4n) is 4.98. The van der Waals surface area contributed by atoms with Crippen LogP contribution in [0, 0.1) is 11.8 Å². The molecule has 5 heterocycles. The molecule has 1 aliphatic carbocycles. The molecule has 2 fully saturated rings. The smallest absolute Gasteiger partial charge is 0.263 e. The fourth-order valence-corrected chi connectivity index (χ4v) is 7.17. The predicted molar refractivity (Wildman–Crippen MR) is 117 cm³/mol. The Balaban J connectivity index is 1.19. The lowest BCUT2D eigenvalue weighted by atomic mass is 9.99. The van der Waals surface area contributed by atoms with Crippen molar-refractivity contribution in [3.8, 4) is 5.88 Å². The average Bonchev–Trinajstić information content (AvgIpc) is 3.53. The number of carbonyl (C=O) groups excluding carboxylic acids is 1. The highest BCUT2D eigenvalue weighted by atomic mass is 35.5. The van der Waals surface area contributed by atoms with Crippen LogP contribution in [0.3, 0.4) is 0 Å². The van der Waals surface area contributed by atoms with Gasteiger partial charge in [-0.05, 0) is 41.8 Å². The Bertz CT molecular complexity index is 1110. The van der Waals surface area contributed by atoms with E-state index in [1.54, 1.807) is 22.7 Å². The highest BCUT2D eigenvalue weighted by Gasteiger charge is 2.46. The molecule has 156 valence electrons. The van der Waals surface area contributed by atoms with Crippen LogP contribution in [0.1, 0.15) is 33.0 Å². The van der Waals surface area contributed by atoms with Crippen molar-refractivity contribution in [3.63, 3.8) is 0 Å². The van der Waals surface area contributed by atoms with Crippen molar-refractivity contribution in [2.75, 3.05) is 19.7 Å². The topological polar surface area (TPSA) is 64.5 Å². The normalized spacial score (nSPS) is 25.5. The van der Waals surface area contributed by atoms with Crippen LogP contribution in [0.25, 0.3) is 10.1 Å². The Morgan fingerprint density at radius 2 is 2.23 bits per heavy atom. The van der Waals surface area contributed by atoms with Crippen molar-refractivity contribution >= 4 is 50.3 Å². The lowest BCUT2D eigenvalue weighted by Gasteiger charge is -2.21. The minimum absolute atomic E-state index is 0.0542. The number of thiophene rings is 2. The van der Waals surface area contributed by atoms with E-state index in [4.69, 9.17) is 21.1 Å². The standard InChI is InChI=1S/C21H20ClN3O3S2/c22-19-13-4-6-29-18(13)20(24-23-19)28-15-2-1-11-8-25(9-14(11)15)21(26)17-7-12-10-27-5-3-16(12)30-17/h4,6-7,11,14-15H,1-3,5,8-10H2. The molecule has 0 bridgehead atoms. The molecule has 3 aliphatic rings. The minimum Gasteiger partial charge on any atom is -0.472 e. The molecular formula is C21H20ClN3O3S2. The van der Waals surface area contributed by atoms with Gasteiger partial charge >= 0.3 is 0 Å². The van der Waals surface area contributed by atoms with E-state index in [0.29, 0.717) is 29.5 Å². The maximum atomic E-state index is 13.2. The highest BCUT2D eigenvalue weighted by molar-refractivity contribution is 7.17. The van der Waals surface area contributed by atoms with Crippen molar-refractivity contribution in [1.82, 2.24) is 15.1 Å². The molecule has 0 aromatic carbocycles. The van der Waals surface area contributed by atoms with E-state index < -0.39 is 0 Å². The number of fused-ring (bicyclic) bond motifs is 3. The summed E-state index contributed by atoms with van der Waals surface area (Å²) >= 11 is 9.35. The van der Waals surface area contributed by atoms with Gasteiger partial charge in [-0.2, -0.15) is 0 Å². The van der Waals surface area contributed by atoms with Crippen LogP contribution < -0.4 is 4.74 Å². The van der Waals surface area contributed by atoms with Crippen LogP contribution in [0.5, 0.6) is 5.88 Å². The summed E-state index contributed by atoms with van der Waals surface area (Å²) in [7, 11) is 0. The first-order valence-electron chi connectivity index (χ1n) is 10.2. The molecule has 1 saturated heterocycles. The second kappa shape index (κ2) is 7.44. The Hall–Kier alpha value is -1.74. The van der Waals surface area contributed by atoms with Crippen molar-refractivity contribution in [3.05, 3.63) is 38.0 Å². The van der Waals surface area contributed by atoms with Gasteiger partial charge < -0.3 is 14.4 Å². The highest BCUT2D eigenvalue weighted by Crippen LogP contribution is 2.42. The van der Waals surface area contributed by atoms with Crippen LogP contribution in [0.2, 0.25) is 5.15 Å². The van der Waals surface area contributed by atoms with Crippen molar-refractivity contribution in [2.45, 2.75) is 32.0 Å². The number of aromatic nitrogens is 2. The van der Waals surface area contributed by atoms with Gasteiger partial charge in [0, 0.05) is 35.7 Å². The number of likely N-dealkylation sites (tertiary alicyclic amines) is 1. The zero-order valence-corrected chi connectivity index (χ0v) is 18.6. The zero-order valence-electron chi connectivity index (χ0n) is 16.2. The van der Waals surface area contributed by atoms with Crippen LogP contribution in [-0.4, -0.2) is 46.8 Å². The van der Waals surface area contributed by atoms with Crippen LogP contribution >= 0.6 is 34.3 Å². The monoisotopic (exact) mass is 461 g/mol. The van der Waals surface area contributed by atoms with E-state index in [-0.39, 0.29) is 12.0 Å². The van der Waals surface area contributed by atoms with E-state index in [1.807, 2.05) is 22.4 Å². The number of hydrogen-bond acceptors (Lipinski definition) is 7. The first kappa shape index (κ1) is 19.0. The lowest BCUT2D eigenvalue weighted by molar-refractivity contribution is 0.0765. The van der Waals surface area contributed by atoms with Gasteiger partial charge in [0.05, 0.1) is 18.1 Å². The van der Waals surface area contributed by atoms with E-state index in [0.717, 1.165) is 53.9 Å². The molecule has 1 amide bonds. The maximum Gasteiger partial charge on any atom is 0.263 e. The summed E-state index contributed by atoms with van der Waals surface area (Å²) in [6, 6.07) is 3.98. The lowest BCUT2D eigenvalue weighted by Crippen LogP contribution is -2.32. The van der Waals surface area contributed by atoms with Gasteiger partial charge in [0.25, 0.3) is 11.8 Å². The second-order valence-electron chi connectivity index (χ2n) is 8.19. The molecule has 1 saturated carbocycles. The molecule has 2 aliphatic heterocycles. The molecule has 30 heavy (non-hydrogen) atoms. The fraction of sp³-hybridized carbons (Fsp3) is 0.476. The molecular weight excluding hydrogens is 442 g/mol. The second-order valence-corrected chi connectivity index (χ2v) is 10.6. The Labute approximate surface area is 186 Å². The van der Waals surface area contributed by atoms with Crippen LogP contribution in [0.15, 0.2) is 17.5 Å². The summed E-state index contributed by atoms with van der Waals surface area (Å²) in [5.41, 5.74) is 1.18. The molecule has 3 atom stereocenters. The van der Waals surface area contributed by atoms with E-state index >= 15 is 0 Å². The summed E-state index contributed by atoms with van der Waals surface area (Å²) in [5, 5.41) is 11.5. The van der Waals surface area contributed by atoms with Gasteiger partial charge in [-0.1, -0.05) is 11.6 Å². The Kier molecular flexibility index (Phi) is 4.71. The third-order valence-electron chi connectivity index (χ3n) is 6.49. The van der Waals surface area contributed by atoms with Crippen LogP contribution in [-0.2, 0) is 17.8 Å². The maximum absolute atomic E-state index is 13.2. The largest absolute Gasteiger partial charge is 0.472 e. The number of halogens is 1. The number of rotatable bonds is 3. The number of hydrogen-bond donors (Lipinski definition) is 0. The molecule has 9 heteroatoms. The van der Waals surface area contributed by atoms with E-state index in [2.05, 4.69) is 10.2 Å². The predicted octanol–water partition coefficient (Wildman–Crippen LogP) is 4.41. The van der Waals surface area contributed by atoms with Crippen molar-refractivity contribution in [1.29, 1.82) is 0 Å². The summed E-state index contributed by atoms with van der Waals surface area (Å²) in [6.45, 7) is 2.92. The average molecular weight is 462 g/mol. The molecule has 6 rings (SSSR count). The molecule has 0 N–H and O–H groups in total. The summed E-state index contributed by atoms with van der Waals surface area (Å²) in [4.78, 5) is 17.3. The quantitative estimate of drug-likeness (QED) is 0.578. The first-order valence-corrected chi connectivity index (χ1v) is 12.3. The zero-order chi connectivity index (χ0) is 20.2. The Morgan fingerprint density at radius 3 is 3.13 bits per heavy atom. The van der Waals surface area contributed by atoms with Gasteiger partial charge in [-0.3, -0.25) is 4.79 Å². The van der Waals surface area contributed by atoms with Crippen molar-refractivity contribution in [2.24, 2.45) is 11.8 Å². The van der Waals surface area contributed by atoms with Gasteiger partial charge in [-0.25, -0.2) is 0 Å². The molecule has 6 nitrogen and oxygen atoms in total. The molecule has 0 radical (unpaired) electrons. The van der Waals surface area contributed by atoms with Crippen LogP contribution in [0.4, 0.5) is 0 Å². The van der Waals surface area contributed by atoms with Gasteiger partial charge in [-0.15, -0.1) is 32.9 Å². The number of amides is 1. The minimum atomic E-state index is 0.0542. The third-order valence-corrected chi connectivity index (χ3v) is 8.90. The van der Waals surface area contributed by atoms with E-state index in [1.165, 1.54) is 10.4 Å². The van der Waals surface area contributed by atoms with Gasteiger partial charge in [0.15, 0.2) is 5.15 Å².